The summed E-state index contributed by atoms with van der Waals surface area (Å²) in [4.78, 5) is 2.57. The first kappa shape index (κ1) is 21.3. The number of anilines is 1. The van der Waals surface area contributed by atoms with Crippen LogP contribution in [0.1, 0.15) is 24.0 Å². The Kier molecular flexibility index (Phi) is 6.19. The van der Waals surface area contributed by atoms with Gasteiger partial charge in [-0.2, -0.15) is 0 Å². The molecule has 0 aromatic heterocycles. The number of hydrogen-bond acceptors (Lipinski definition) is 5. The van der Waals surface area contributed by atoms with Crippen LogP contribution < -0.4 is 5.32 Å². The molecule has 1 aliphatic carbocycles. The Morgan fingerprint density at radius 1 is 1.07 bits per heavy atom. The van der Waals surface area contributed by atoms with Crippen molar-refractivity contribution in [3.05, 3.63) is 65.7 Å². The Bertz CT molecular complexity index is 947. The maximum absolute atomic E-state index is 11.4. The number of hydrogen-bond donors (Lipinski definition) is 1. The summed E-state index contributed by atoms with van der Waals surface area (Å²) in [5, 5.41) is 3.27. The van der Waals surface area contributed by atoms with Crippen molar-refractivity contribution < 1.29 is 13.2 Å². The number of methoxy groups -OCH3 is 1. The molecule has 1 heterocycles. The number of nitrogens with zero attached hydrogens (tertiary/aromatic N) is 1. The van der Waals surface area contributed by atoms with Gasteiger partial charge in [-0.15, -0.1) is 0 Å². The molecule has 1 N–H and O–H groups in total. The second kappa shape index (κ2) is 8.69. The average molecular weight is 429 g/mol. The van der Waals surface area contributed by atoms with Crippen LogP contribution in [0.15, 0.2) is 54.6 Å². The standard InChI is InChI=1S/C24H32N2O3S/c1-29-24(20-9-6-10-23(15-20)25-13-14-30(2,27)28)21-11-12-22(24)18-26(17-21)16-19-7-4-3-5-8-19/h3-10,15,21-22,25H,11-14,16-18H2,1-2H3. The van der Waals surface area contributed by atoms with Gasteiger partial charge in [0.1, 0.15) is 15.4 Å². The van der Waals surface area contributed by atoms with Gasteiger partial charge in [0.25, 0.3) is 0 Å². The molecule has 2 aromatic carbocycles. The molecule has 162 valence electrons. The zero-order valence-corrected chi connectivity index (χ0v) is 18.7. The number of piperidine rings is 1. The first-order valence-electron chi connectivity index (χ1n) is 10.7. The number of fused-ring (bicyclic) bond motifs is 2. The highest BCUT2D eigenvalue weighted by Crippen LogP contribution is 2.54. The number of ether oxygens (including phenoxy) is 1. The van der Waals surface area contributed by atoms with Crippen molar-refractivity contribution in [1.82, 2.24) is 4.90 Å². The summed E-state index contributed by atoms with van der Waals surface area (Å²) in [6.07, 6.45) is 3.62. The maximum atomic E-state index is 11.4. The van der Waals surface area contributed by atoms with Gasteiger partial charge in [0.05, 0.1) is 5.75 Å². The van der Waals surface area contributed by atoms with E-state index >= 15 is 0 Å². The second-order valence-electron chi connectivity index (χ2n) is 8.79. The van der Waals surface area contributed by atoms with Gasteiger partial charge in [-0.1, -0.05) is 42.5 Å². The average Bonchev–Trinajstić information content (AvgIpc) is 2.91. The highest BCUT2D eigenvalue weighted by atomic mass is 32.2. The van der Waals surface area contributed by atoms with Crippen LogP contribution in [0.4, 0.5) is 5.69 Å². The molecule has 2 unspecified atom stereocenters. The van der Waals surface area contributed by atoms with Crippen molar-refractivity contribution in [2.24, 2.45) is 11.8 Å². The van der Waals surface area contributed by atoms with Crippen LogP contribution in [0.3, 0.4) is 0 Å². The van der Waals surface area contributed by atoms with Crippen LogP contribution in [0.5, 0.6) is 0 Å². The van der Waals surface area contributed by atoms with Gasteiger partial charge in [-0.3, -0.25) is 4.90 Å². The minimum Gasteiger partial charge on any atom is -0.384 e. The van der Waals surface area contributed by atoms with Gasteiger partial charge in [0, 0.05) is 57.1 Å². The summed E-state index contributed by atoms with van der Waals surface area (Å²) in [6.45, 7) is 3.47. The van der Waals surface area contributed by atoms with Gasteiger partial charge in [0.2, 0.25) is 0 Å². The summed E-state index contributed by atoms with van der Waals surface area (Å²) in [5.41, 5.74) is 3.26. The maximum Gasteiger partial charge on any atom is 0.149 e. The summed E-state index contributed by atoms with van der Waals surface area (Å²) in [6, 6.07) is 19.1. The van der Waals surface area contributed by atoms with E-state index in [0.29, 0.717) is 18.4 Å². The van der Waals surface area contributed by atoms with Crippen LogP contribution in [0, 0.1) is 11.8 Å². The Morgan fingerprint density at radius 2 is 1.77 bits per heavy atom. The molecular weight excluding hydrogens is 396 g/mol. The van der Waals surface area contributed by atoms with Crippen LogP contribution in [-0.2, 0) is 26.7 Å². The molecular formula is C24H32N2O3S. The van der Waals surface area contributed by atoms with E-state index in [0.717, 1.165) is 25.3 Å². The zero-order chi connectivity index (χ0) is 21.2. The van der Waals surface area contributed by atoms with E-state index in [9.17, 15) is 8.42 Å². The Balaban J connectivity index is 1.51. The summed E-state index contributed by atoms with van der Waals surface area (Å²) in [7, 11) is -1.12. The molecule has 0 radical (unpaired) electrons. The van der Waals surface area contributed by atoms with Gasteiger partial charge >= 0.3 is 0 Å². The van der Waals surface area contributed by atoms with E-state index in [-0.39, 0.29) is 11.4 Å². The summed E-state index contributed by atoms with van der Waals surface area (Å²) < 4.78 is 29.2. The first-order valence-corrected chi connectivity index (χ1v) is 12.8. The molecule has 0 amide bonds. The van der Waals surface area contributed by atoms with Crippen molar-refractivity contribution >= 4 is 15.5 Å². The molecule has 0 spiro atoms. The quantitative estimate of drug-likeness (QED) is 0.697. The number of rotatable bonds is 8. The first-order chi connectivity index (χ1) is 14.4. The molecule has 2 aliphatic rings. The molecule has 2 aromatic rings. The van der Waals surface area contributed by atoms with E-state index in [2.05, 4.69) is 58.7 Å². The van der Waals surface area contributed by atoms with Crippen molar-refractivity contribution in [2.45, 2.75) is 25.0 Å². The summed E-state index contributed by atoms with van der Waals surface area (Å²) in [5.74, 6) is 1.04. The molecule has 30 heavy (non-hydrogen) atoms. The predicted molar refractivity (Wildman–Crippen MR) is 121 cm³/mol. The number of likely N-dealkylation sites (tertiary alicyclic amines) is 1. The number of sulfone groups is 1. The SMILES string of the molecule is COC1(c2cccc(NCCS(C)(=O)=O)c2)C2CCC1CN(Cc1ccccc1)C2. The van der Waals surface area contributed by atoms with Crippen LogP contribution >= 0.6 is 0 Å². The Labute approximate surface area is 180 Å². The van der Waals surface area contributed by atoms with E-state index in [1.165, 1.54) is 30.2 Å². The zero-order valence-electron chi connectivity index (χ0n) is 17.9. The third-order valence-electron chi connectivity index (χ3n) is 6.74. The largest absolute Gasteiger partial charge is 0.384 e. The van der Waals surface area contributed by atoms with E-state index in [1.807, 2.05) is 13.2 Å². The van der Waals surface area contributed by atoms with Crippen molar-refractivity contribution in [2.75, 3.05) is 44.1 Å². The lowest BCUT2D eigenvalue weighted by Crippen LogP contribution is -2.52. The third-order valence-corrected chi connectivity index (χ3v) is 7.68. The fourth-order valence-corrected chi connectivity index (χ4v) is 5.94. The number of nitrogens with one attached hydrogen (secondary N) is 1. The van der Waals surface area contributed by atoms with E-state index in [1.54, 1.807) is 0 Å². The Morgan fingerprint density at radius 3 is 2.40 bits per heavy atom. The molecule has 5 nitrogen and oxygen atoms in total. The van der Waals surface area contributed by atoms with Crippen molar-refractivity contribution in [1.29, 1.82) is 0 Å². The van der Waals surface area contributed by atoms with Gasteiger partial charge in [0.15, 0.2) is 0 Å². The smallest absolute Gasteiger partial charge is 0.149 e. The van der Waals surface area contributed by atoms with Crippen molar-refractivity contribution in [3.63, 3.8) is 0 Å². The molecule has 6 heteroatoms. The number of benzene rings is 2. The third kappa shape index (κ3) is 4.41. The second-order valence-corrected chi connectivity index (χ2v) is 11.0. The predicted octanol–water partition coefficient (Wildman–Crippen LogP) is 3.53. The fraction of sp³-hybridized carbons (Fsp3) is 0.500. The topological polar surface area (TPSA) is 58.6 Å². The highest BCUT2D eigenvalue weighted by Gasteiger charge is 2.55. The minimum absolute atomic E-state index is 0.131. The molecule has 1 saturated heterocycles. The molecule has 2 bridgehead atoms. The lowest BCUT2D eigenvalue weighted by molar-refractivity contribution is -0.120. The molecule has 2 atom stereocenters. The molecule has 1 saturated carbocycles. The minimum atomic E-state index is -2.97. The Hall–Kier alpha value is -1.89. The lowest BCUT2D eigenvalue weighted by atomic mass is 9.74. The molecule has 2 fully saturated rings. The van der Waals surface area contributed by atoms with Crippen LogP contribution in [-0.4, -0.2) is 52.1 Å². The van der Waals surface area contributed by atoms with E-state index in [4.69, 9.17) is 4.74 Å². The van der Waals surface area contributed by atoms with Crippen LogP contribution in [0.2, 0.25) is 0 Å². The summed E-state index contributed by atoms with van der Waals surface area (Å²) >= 11 is 0. The van der Waals surface area contributed by atoms with Crippen molar-refractivity contribution in [3.8, 4) is 0 Å². The van der Waals surface area contributed by atoms with E-state index < -0.39 is 9.84 Å². The highest BCUT2D eigenvalue weighted by molar-refractivity contribution is 7.90. The fourth-order valence-electron chi connectivity index (χ4n) is 5.46. The molecule has 1 aliphatic heterocycles. The van der Waals surface area contributed by atoms with Gasteiger partial charge < -0.3 is 10.1 Å². The normalized spacial score (nSPS) is 26.6. The monoisotopic (exact) mass is 428 g/mol. The van der Waals surface area contributed by atoms with Gasteiger partial charge in [-0.05, 0) is 36.1 Å². The molecule has 4 rings (SSSR count). The van der Waals surface area contributed by atoms with Crippen LogP contribution in [0.25, 0.3) is 0 Å². The van der Waals surface area contributed by atoms with Gasteiger partial charge in [-0.25, -0.2) is 8.42 Å². The lowest BCUT2D eigenvalue weighted by Gasteiger charge is -2.47.